The summed E-state index contributed by atoms with van der Waals surface area (Å²) in [6.07, 6.45) is 1.60. The summed E-state index contributed by atoms with van der Waals surface area (Å²) in [6, 6.07) is 15.1. The van der Waals surface area contributed by atoms with Gasteiger partial charge < -0.3 is 24.5 Å². The molecule has 1 N–H and O–H groups in total. The number of carbonyl (C=O) groups is 2. The lowest BCUT2D eigenvalue weighted by atomic mass is 9.86. The topological polar surface area (TPSA) is 80.3 Å². The van der Waals surface area contributed by atoms with Gasteiger partial charge in [0.2, 0.25) is 12.2 Å². The number of hydrogen-bond acceptors (Lipinski definition) is 6. The van der Waals surface area contributed by atoms with Gasteiger partial charge in [-0.1, -0.05) is 30.3 Å². The van der Waals surface area contributed by atoms with Crippen LogP contribution in [0.5, 0.6) is 17.2 Å². The SMILES string of the molecule is CCOc1ccc(OCc2ccccc2)cc1ON(C)C(=O)C1(NC=O)CCN(C)CC1. The van der Waals surface area contributed by atoms with E-state index in [1.165, 1.54) is 5.06 Å². The number of hydroxylamine groups is 2. The summed E-state index contributed by atoms with van der Waals surface area (Å²) in [5.74, 6) is 1.14. The molecule has 0 saturated carbocycles. The predicted molar refractivity (Wildman–Crippen MR) is 120 cm³/mol. The Morgan fingerprint density at radius 2 is 1.84 bits per heavy atom. The molecule has 0 radical (unpaired) electrons. The summed E-state index contributed by atoms with van der Waals surface area (Å²) in [6.45, 7) is 4.13. The Kier molecular flexibility index (Phi) is 7.94. The lowest BCUT2D eigenvalue weighted by Gasteiger charge is -2.40. The molecular formula is C24H31N3O5. The van der Waals surface area contributed by atoms with E-state index in [1.807, 2.05) is 44.3 Å². The van der Waals surface area contributed by atoms with E-state index in [0.717, 1.165) is 5.56 Å². The average molecular weight is 442 g/mol. The van der Waals surface area contributed by atoms with Crippen LogP contribution < -0.4 is 19.6 Å². The van der Waals surface area contributed by atoms with Crippen molar-refractivity contribution >= 4 is 12.3 Å². The second-order valence-electron chi connectivity index (χ2n) is 7.86. The van der Waals surface area contributed by atoms with Crippen molar-refractivity contribution in [2.45, 2.75) is 31.9 Å². The zero-order valence-corrected chi connectivity index (χ0v) is 18.9. The molecule has 0 aliphatic carbocycles. The fraction of sp³-hybridized carbons (Fsp3) is 0.417. The predicted octanol–water partition coefficient (Wildman–Crippen LogP) is 2.63. The van der Waals surface area contributed by atoms with Gasteiger partial charge >= 0.3 is 0 Å². The molecule has 0 atom stereocenters. The summed E-state index contributed by atoms with van der Waals surface area (Å²) in [7, 11) is 3.53. The third-order valence-corrected chi connectivity index (χ3v) is 5.57. The molecule has 2 aromatic carbocycles. The van der Waals surface area contributed by atoms with Crippen molar-refractivity contribution in [2.24, 2.45) is 0 Å². The van der Waals surface area contributed by atoms with Gasteiger partial charge in [-0.25, -0.2) is 0 Å². The smallest absolute Gasteiger partial charge is 0.280 e. The van der Waals surface area contributed by atoms with E-state index in [1.54, 1.807) is 25.2 Å². The number of ether oxygens (including phenoxy) is 2. The molecule has 2 amide bonds. The molecule has 0 unspecified atom stereocenters. The number of amides is 2. The van der Waals surface area contributed by atoms with Crippen LogP contribution in [0.25, 0.3) is 0 Å². The van der Waals surface area contributed by atoms with E-state index < -0.39 is 5.54 Å². The first kappa shape index (κ1) is 23.4. The number of rotatable bonds is 10. The molecule has 2 aromatic rings. The lowest BCUT2D eigenvalue weighted by molar-refractivity contribution is -0.163. The molecule has 8 heteroatoms. The molecule has 1 aliphatic heterocycles. The summed E-state index contributed by atoms with van der Waals surface area (Å²) >= 11 is 0. The Labute approximate surface area is 189 Å². The highest BCUT2D eigenvalue weighted by molar-refractivity contribution is 5.87. The number of piperidine rings is 1. The van der Waals surface area contributed by atoms with Gasteiger partial charge in [0.15, 0.2) is 5.75 Å². The Morgan fingerprint density at radius 3 is 2.50 bits per heavy atom. The molecule has 8 nitrogen and oxygen atoms in total. The van der Waals surface area contributed by atoms with Gasteiger partial charge in [0, 0.05) is 26.2 Å². The first-order valence-electron chi connectivity index (χ1n) is 10.8. The van der Waals surface area contributed by atoms with Crippen molar-refractivity contribution in [1.82, 2.24) is 15.3 Å². The van der Waals surface area contributed by atoms with Crippen molar-refractivity contribution in [3.8, 4) is 17.2 Å². The molecule has 1 aliphatic rings. The number of hydrogen-bond donors (Lipinski definition) is 1. The second kappa shape index (κ2) is 10.9. The van der Waals surface area contributed by atoms with Crippen LogP contribution in [0, 0.1) is 0 Å². The molecule has 0 aromatic heterocycles. The monoisotopic (exact) mass is 441 g/mol. The van der Waals surface area contributed by atoms with Crippen LogP contribution >= 0.6 is 0 Å². The first-order valence-corrected chi connectivity index (χ1v) is 10.8. The highest BCUT2D eigenvalue weighted by Crippen LogP contribution is 2.33. The van der Waals surface area contributed by atoms with E-state index in [-0.39, 0.29) is 5.91 Å². The molecule has 172 valence electrons. The minimum absolute atomic E-state index is 0.309. The standard InChI is InChI=1S/C24H31N3O5/c1-4-30-21-11-10-20(31-17-19-8-6-5-7-9-19)16-22(21)32-27(3)23(29)24(25-18-28)12-14-26(2)15-13-24/h5-11,16,18H,4,12-15,17H2,1-3H3,(H,25,28). The van der Waals surface area contributed by atoms with Gasteiger partial charge in [-0.3, -0.25) is 9.59 Å². The van der Waals surface area contributed by atoms with Crippen LogP contribution in [0.2, 0.25) is 0 Å². The van der Waals surface area contributed by atoms with Gasteiger partial charge in [-0.2, -0.15) is 5.06 Å². The maximum Gasteiger partial charge on any atom is 0.280 e. The molecule has 0 bridgehead atoms. The average Bonchev–Trinajstić information content (AvgIpc) is 2.81. The molecule has 32 heavy (non-hydrogen) atoms. The summed E-state index contributed by atoms with van der Waals surface area (Å²) < 4.78 is 11.6. The van der Waals surface area contributed by atoms with Gasteiger partial charge in [-0.15, -0.1) is 0 Å². The molecule has 1 fully saturated rings. The van der Waals surface area contributed by atoms with Crippen molar-refractivity contribution in [3.05, 3.63) is 54.1 Å². The number of likely N-dealkylation sites (tertiary alicyclic amines) is 1. The zero-order valence-electron chi connectivity index (χ0n) is 18.9. The van der Waals surface area contributed by atoms with Crippen LogP contribution in [-0.2, 0) is 16.2 Å². The molecular weight excluding hydrogens is 410 g/mol. The van der Waals surface area contributed by atoms with E-state index in [4.69, 9.17) is 14.3 Å². The number of nitrogens with one attached hydrogen (secondary N) is 1. The number of nitrogens with zero attached hydrogens (tertiary/aromatic N) is 2. The third-order valence-electron chi connectivity index (χ3n) is 5.57. The van der Waals surface area contributed by atoms with Crippen molar-refractivity contribution in [1.29, 1.82) is 0 Å². The summed E-state index contributed by atoms with van der Waals surface area (Å²) in [5.41, 5.74) is 0.0521. The minimum Gasteiger partial charge on any atom is -0.490 e. The lowest BCUT2D eigenvalue weighted by Crippen LogP contribution is -2.61. The normalized spacial score (nSPS) is 15.5. The van der Waals surface area contributed by atoms with Gasteiger partial charge in [0.25, 0.3) is 5.91 Å². The van der Waals surface area contributed by atoms with Gasteiger partial charge in [0.1, 0.15) is 17.9 Å². The van der Waals surface area contributed by atoms with Gasteiger partial charge in [-0.05, 0) is 44.5 Å². The molecule has 1 heterocycles. The Morgan fingerprint density at radius 1 is 1.12 bits per heavy atom. The molecule has 3 rings (SSSR count). The Bertz CT molecular complexity index is 898. The van der Waals surface area contributed by atoms with Crippen LogP contribution in [-0.4, -0.2) is 61.6 Å². The zero-order chi connectivity index (χ0) is 23.0. The molecule has 0 spiro atoms. The largest absolute Gasteiger partial charge is 0.490 e. The minimum atomic E-state index is -0.990. The highest BCUT2D eigenvalue weighted by Gasteiger charge is 2.43. The Hall–Kier alpha value is -3.26. The fourth-order valence-corrected chi connectivity index (χ4v) is 3.69. The van der Waals surface area contributed by atoms with E-state index in [2.05, 4.69) is 10.2 Å². The van der Waals surface area contributed by atoms with Crippen LogP contribution in [0.4, 0.5) is 0 Å². The summed E-state index contributed by atoms with van der Waals surface area (Å²) in [4.78, 5) is 32.6. The van der Waals surface area contributed by atoms with Crippen LogP contribution in [0.1, 0.15) is 25.3 Å². The summed E-state index contributed by atoms with van der Waals surface area (Å²) in [5, 5.41) is 3.91. The van der Waals surface area contributed by atoms with E-state index in [9.17, 15) is 9.59 Å². The highest BCUT2D eigenvalue weighted by atomic mass is 16.7. The number of benzene rings is 2. The maximum absolute atomic E-state index is 13.3. The Balaban J connectivity index is 1.75. The third kappa shape index (κ3) is 5.70. The first-order chi connectivity index (χ1) is 15.5. The van der Waals surface area contributed by atoms with Gasteiger partial charge in [0.05, 0.1) is 6.61 Å². The quantitative estimate of drug-likeness (QED) is 0.451. The van der Waals surface area contributed by atoms with Crippen LogP contribution in [0.3, 0.4) is 0 Å². The van der Waals surface area contributed by atoms with Crippen molar-refractivity contribution in [2.75, 3.05) is 33.8 Å². The van der Waals surface area contributed by atoms with Crippen molar-refractivity contribution in [3.63, 3.8) is 0 Å². The fourth-order valence-electron chi connectivity index (χ4n) is 3.69. The number of likely N-dealkylation sites (N-methyl/N-ethyl adjacent to an activating group) is 1. The molecule has 1 saturated heterocycles. The van der Waals surface area contributed by atoms with Crippen molar-refractivity contribution < 1.29 is 23.9 Å². The van der Waals surface area contributed by atoms with Crippen LogP contribution in [0.15, 0.2) is 48.5 Å². The number of carbonyl (C=O) groups excluding carboxylic acids is 2. The van der Waals surface area contributed by atoms with E-state index in [0.29, 0.717) is 62.8 Å². The second-order valence-corrected chi connectivity index (χ2v) is 7.86. The van der Waals surface area contributed by atoms with E-state index >= 15 is 0 Å². The maximum atomic E-state index is 13.3.